The number of carbonyl (C=O) groups excluding carboxylic acids is 2. The van der Waals surface area contributed by atoms with Crippen molar-refractivity contribution in [1.82, 2.24) is 10.2 Å². The summed E-state index contributed by atoms with van der Waals surface area (Å²) in [6.45, 7) is 7.78. The minimum absolute atomic E-state index is 0.195. The Kier molecular flexibility index (Phi) is 9.75. The van der Waals surface area contributed by atoms with Gasteiger partial charge in [-0.25, -0.2) is 0 Å². The molecule has 7 heteroatoms. The first-order valence-corrected chi connectivity index (χ1v) is 13.0. The number of rotatable bonds is 10. The van der Waals surface area contributed by atoms with E-state index in [9.17, 15) is 9.59 Å². The highest BCUT2D eigenvalue weighted by molar-refractivity contribution is 9.10. The molecule has 37 heavy (non-hydrogen) atoms. The molecule has 3 aromatic rings. The first kappa shape index (κ1) is 28.3. The number of hydrogen-bond donors (Lipinski definition) is 1. The molecular formula is C30H35BrN2O4. The summed E-state index contributed by atoms with van der Waals surface area (Å²) in [6, 6.07) is 22.1. The van der Waals surface area contributed by atoms with E-state index in [0.717, 1.165) is 21.2 Å². The van der Waals surface area contributed by atoms with Crippen molar-refractivity contribution < 1.29 is 19.1 Å². The zero-order chi connectivity index (χ0) is 27.0. The topological polar surface area (TPSA) is 67.9 Å². The predicted octanol–water partition coefficient (Wildman–Crippen LogP) is 5.70. The Morgan fingerprint density at radius 2 is 1.65 bits per heavy atom. The Hall–Kier alpha value is -3.32. The smallest absolute Gasteiger partial charge is 0.261 e. The van der Waals surface area contributed by atoms with Crippen LogP contribution in [0, 0.1) is 6.92 Å². The molecule has 0 bridgehead atoms. The lowest BCUT2D eigenvalue weighted by molar-refractivity contribution is -0.143. The van der Waals surface area contributed by atoms with Gasteiger partial charge in [-0.2, -0.15) is 0 Å². The fourth-order valence-electron chi connectivity index (χ4n) is 3.91. The maximum atomic E-state index is 13.7. The van der Waals surface area contributed by atoms with Crippen molar-refractivity contribution in [2.75, 3.05) is 13.7 Å². The molecule has 1 N–H and O–H groups in total. The lowest BCUT2D eigenvalue weighted by atomic mass is 10.0. The van der Waals surface area contributed by atoms with E-state index >= 15 is 0 Å². The van der Waals surface area contributed by atoms with Crippen molar-refractivity contribution in [3.05, 3.63) is 94.0 Å². The molecule has 0 saturated carbocycles. The molecule has 0 aromatic heterocycles. The third kappa shape index (κ3) is 8.64. The third-order valence-electron chi connectivity index (χ3n) is 5.75. The van der Waals surface area contributed by atoms with Crippen LogP contribution in [0.5, 0.6) is 11.5 Å². The van der Waals surface area contributed by atoms with E-state index in [0.29, 0.717) is 17.9 Å². The monoisotopic (exact) mass is 566 g/mol. The molecule has 0 aliphatic heterocycles. The van der Waals surface area contributed by atoms with Gasteiger partial charge < -0.3 is 19.7 Å². The summed E-state index contributed by atoms with van der Waals surface area (Å²) in [4.78, 5) is 28.9. The zero-order valence-corrected chi connectivity index (χ0v) is 23.7. The van der Waals surface area contributed by atoms with Gasteiger partial charge in [0.25, 0.3) is 5.91 Å². The van der Waals surface area contributed by atoms with E-state index in [2.05, 4.69) is 21.2 Å². The molecule has 0 fully saturated rings. The normalized spacial score (nSPS) is 11.9. The van der Waals surface area contributed by atoms with Crippen LogP contribution in [0.1, 0.15) is 37.5 Å². The molecule has 0 heterocycles. The van der Waals surface area contributed by atoms with Crippen LogP contribution in [0.2, 0.25) is 0 Å². The molecule has 0 aliphatic carbocycles. The molecule has 0 aliphatic rings. The summed E-state index contributed by atoms with van der Waals surface area (Å²) >= 11 is 3.49. The summed E-state index contributed by atoms with van der Waals surface area (Å²) in [7, 11) is 1.60. The lowest BCUT2D eigenvalue weighted by Crippen LogP contribution is -2.55. The second kappa shape index (κ2) is 12.8. The number of nitrogens with zero attached hydrogens (tertiary/aromatic N) is 1. The fraction of sp³-hybridized carbons (Fsp3) is 0.333. The maximum absolute atomic E-state index is 13.7. The molecule has 3 aromatic carbocycles. The second-order valence-corrected chi connectivity index (χ2v) is 10.9. The first-order chi connectivity index (χ1) is 17.6. The summed E-state index contributed by atoms with van der Waals surface area (Å²) in [6.07, 6.45) is 0.371. The molecule has 3 rings (SSSR count). The van der Waals surface area contributed by atoms with E-state index in [-0.39, 0.29) is 25.0 Å². The van der Waals surface area contributed by atoms with E-state index in [1.807, 2.05) is 100 Å². The van der Waals surface area contributed by atoms with Crippen molar-refractivity contribution in [3.8, 4) is 11.5 Å². The van der Waals surface area contributed by atoms with Gasteiger partial charge in [0, 0.05) is 23.0 Å². The van der Waals surface area contributed by atoms with Gasteiger partial charge in [0.15, 0.2) is 6.61 Å². The largest absolute Gasteiger partial charge is 0.497 e. The van der Waals surface area contributed by atoms with Crippen LogP contribution in [0.25, 0.3) is 0 Å². The van der Waals surface area contributed by atoms with Crippen molar-refractivity contribution >= 4 is 27.7 Å². The number of nitrogens with one attached hydrogen (secondary N) is 1. The van der Waals surface area contributed by atoms with Crippen LogP contribution in [0.4, 0.5) is 0 Å². The minimum atomic E-state index is -0.740. The van der Waals surface area contributed by atoms with Crippen molar-refractivity contribution in [1.29, 1.82) is 0 Å². The van der Waals surface area contributed by atoms with Crippen LogP contribution in [-0.2, 0) is 22.6 Å². The Bertz CT molecular complexity index is 1210. The zero-order valence-electron chi connectivity index (χ0n) is 22.1. The lowest BCUT2D eigenvalue weighted by Gasteiger charge is -2.33. The average molecular weight is 568 g/mol. The number of benzene rings is 3. The van der Waals surface area contributed by atoms with Gasteiger partial charge >= 0.3 is 0 Å². The maximum Gasteiger partial charge on any atom is 0.261 e. The molecule has 1 atom stereocenters. The number of carbonyl (C=O) groups is 2. The molecule has 0 saturated heterocycles. The van der Waals surface area contributed by atoms with Crippen LogP contribution < -0.4 is 14.8 Å². The first-order valence-electron chi connectivity index (χ1n) is 12.2. The number of ether oxygens (including phenoxy) is 2. The molecule has 1 unspecified atom stereocenters. The number of methoxy groups -OCH3 is 1. The van der Waals surface area contributed by atoms with Gasteiger partial charge in [-0.05, 0) is 74.7 Å². The highest BCUT2D eigenvalue weighted by Gasteiger charge is 2.32. The van der Waals surface area contributed by atoms with Gasteiger partial charge in [-0.15, -0.1) is 0 Å². The Balaban J connectivity index is 1.94. The fourth-order valence-corrected chi connectivity index (χ4v) is 4.16. The van der Waals surface area contributed by atoms with E-state index < -0.39 is 11.6 Å². The molecule has 0 spiro atoms. The van der Waals surface area contributed by atoms with E-state index in [1.165, 1.54) is 0 Å². The number of amides is 2. The quantitative estimate of drug-likeness (QED) is 0.342. The molecule has 6 nitrogen and oxygen atoms in total. The van der Waals surface area contributed by atoms with Gasteiger partial charge in [-0.1, -0.05) is 58.4 Å². The molecule has 0 radical (unpaired) electrons. The van der Waals surface area contributed by atoms with Gasteiger partial charge in [-0.3, -0.25) is 9.59 Å². The summed E-state index contributed by atoms with van der Waals surface area (Å²) in [5.41, 5.74) is 2.37. The summed E-state index contributed by atoms with van der Waals surface area (Å²) in [5.74, 6) is 0.778. The van der Waals surface area contributed by atoms with Crippen molar-refractivity contribution in [2.45, 2.75) is 52.2 Å². The summed E-state index contributed by atoms with van der Waals surface area (Å²) < 4.78 is 12.2. The highest BCUT2D eigenvalue weighted by atomic mass is 79.9. The Morgan fingerprint density at radius 1 is 0.946 bits per heavy atom. The van der Waals surface area contributed by atoms with Crippen molar-refractivity contribution in [3.63, 3.8) is 0 Å². The highest BCUT2D eigenvalue weighted by Crippen LogP contribution is 2.23. The van der Waals surface area contributed by atoms with E-state index in [4.69, 9.17) is 9.47 Å². The molecule has 2 amide bonds. The average Bonchev–Trinajstić information content (AvgIpc) is 2.86. The van der Waals surface area contributed by atoms with E-state index in [1.54, 1.807) is 12.0 Å². The van der Waals surface area contributed by atoms with Crippen LogP contribution in [0.15, 0.2) is 77.3 Å². The van der Waals surface area contributed by atoms with Crippen molar-refractivity contribution in [2.24, 2.45) is 0 Å². The number of halogens is 1. The summed E-state index contributed by atoms with van der Waals surface area (Å²) in [5, 5.41) is 3.07. The van der Waals surface area contributed by atoms with Gasteiger partial charge in [0.1, 0.15) is 17.5 Å². The number of aryl methyl sites for hydroxylation is 1. The SMILES string of the molecule is COc1cccc(CN(C(=O)COc2ccc(Br)c(C)c2)C(Cc2ccccc2)C(=O)NC(C)(C)C)c1. The minimum Gasteiger partial charge on any atom is -0.497 e. The van der Waals surface area contributed by atoms with Gasteiger partial charge in [0.05, 0.1) is 7.11 Å². The Morgan fingerprint density at radius 3 is 2.30 bits per heavy atom. The standard InChI is InChI=1S/C30H35BrN2O4/c1-21-16-25(14-15-26(21)31)37-20-28(34)33(19-23-12-9-13-24(17-23)36-5)27(29(35)32-30(2,3)4)18-22-10-7-6-8-11-22/h6-17,27H,18-20H2,1-5H3,(H,32,35). The van der Waals surface area contributed by atoms with Crippen LogP contribution in [-0.4, -0.2) is 42.0 Å². The van der Waals surface area contributed by atoms with Gasteiger partial charge in [0.2, 0.25) is 5.91 Å². The second-order valence-electron chi connectivity index (χ2n) is 10.0. The Labute approximate surface area is 228 Å². The van der Waals surface area contributed by atoms with Crippen LogP contribution in [0.3, 0.4) is 0 Å². The van der Waals surface area contributed by atoms with Crippen LogP contribution >= 0.6 is 15.9 Å². The third-order valence-corrected chi connectivity index (χ3v) is 6.64. The number of hydrogen-bond acceptors (Lipinski definition) is 4. The molecule has 196 valence electrons. The molecular weight excluding hydrogens is 532 g/mol. The predicted molar refractivity (Wildman–Crippen MR) is 150 cm³/mol.